The zero-order valence-electron chi connectivity index (χ0n) is 10.5. The lowest BCUT2D eigenvalue weighted by Crippen LogP contribution is -2.01. The number of ether oxygens (including phenoxy) is 1. The second-order valence-electron chi connectivity index (χ2n) is 3.93. The molecule has 98 valence electrons. The van der Waals surface area contributed by atoms with Crippen molar-refractivity contribution in [2.75, 3.05) is 7.11 Å². The lowest BCUT2D eigenvalue weighted by molar-refractivity contribution is 0.0563. The van der Waals surface area contributed by atoms with Crippen molar-refractivity contribution >= 4 is 11.8 Å². The van der Waals surface area contributed by atoms with Gasteiger partial charge in [0.2, 0.25) is 5.76 Å². The summed E-state index contributed by atoms with van der Waals surface area (Å²) < 4.78 is 9.66. The van der Waals surface area contributed by atoms with Gasteiger partial charge in [0.1, 0.15) is 0 Å². The number of ketones is 1. The van der Waals surface area contributed by atoms with E-state index >= 15 is 0 Å². The molecule has 0 bridgehead atoms. The van der Waals surface area contributed by atoms with Crippen molar-refractivity contribution in [1.82, 2.24) is 4.98 Å². The average Bonchev–Trinajstić information content (AvgIpc) is 2.95. The van der Waals surface area contributed by atoms with Crippen LogP contribution in [0.3, 0.4) is 0 Å². The van der Waals surface area contributed by atoms with Crippen molar-refractivity contribution < 1.29 is 18.7 Å². The molecule has 2 aromatic rings. The quantitative estimate of drug-likeness (QED) is 0.608. The van der Waals surface area contributed by atoms with Crippen LogP contribution in [0.1, 0.15) is 33.1 Å². The van der Waals surface area contributed by atoms with Gasteiger partial charge in [-0.1, -0.05) is 0 Å². The number of carbonyl (C=O) groups is 2. The molecular formula is C14H13NO4. The maximum Gasteiger partial charge on any atom is 0.373 e. The first-order chi connectivity index (χ1) is 9.20. The molecule has 0 amide bonds. The molecule has 0 atom stereocenters. The minimum Gasteiger partial charge on any atom is -0.463 e. The Labute approximate surface area is 110 Å². The molecule has 0 saturated carbocycles. The summed E-state index contributed by atoms with van der Waals surface area (Å²) in [4.78, 5) is 27.0. The first kappa shape index (κ1) is 13.0. The fourth-order valence-electron chi connectivity index (χ4n) is 1.63. The molecule has 0 aliphatic rings. The van der Waals surface area contributed by atoms with E-state index < -0.39 is 5.97 Å². The number of aromatic nitrogens is 1. The Morgan fingerprint density at radius 1 is 1.16 bits per heavy atom. The molecule has 0 unspecified atom stereocenters. The predicted molar refractivity (Wildman–Crippen MR) is 66.9 cm³/mol. The van der Waals surface area contributed by atoms with E-state index in [1.165, 1.54) is 19.2 Å². The zero-order valence-corrected chi connectivity index (χ0v) is 10.5. The molecule has 5 heteroatoms. The molecule has 0 aliphatic carbocycles. The molecule has 0 saturated heterocycles. The highest BCUT2D eigenvalue weighted by molar-refractivity contribution is 5.95. The average molecular weight is 259 g/mol. The van der Waals surface area contributed by atoms with E-state index in [2.05, 4.69) is 9.72 Å². The van der Waals surface area contributed by atoms with Gasteiger partial charge < -0.3 is 9.15 Å². The zero-order chi connectivity index (χ0) is 13.7. The number of hydrogen-bond donors (Lipinski definition) is 0. The molecule has 0 N–H and O–H groups in total. The monoisotopic (exact) mass is 259 g/mol. The maximum absolute atomic E-state index is 11.9. The minimum absolute atomic E-state index is 0.0368. The van der Waals surface area contributed by atoms with Crippen LogP contribution in [0.2, 0.25) is 0 Å². The van der Waals surface area contributed by atoms with Crippen molar-refractivity contribution in [1.29, 1.82) is 0 Å². The molecule has 5 nitrogen and oxygen atoms in total. The third-order valence-electron chi connectivity index (χ3n) is 2.66. The van der Waals surface area contributed by atoms with Gasteiger partial charge in [0.25, 0.3) is 0 Å². The number of methoxy groups -OCH3 is 1. The van der Waals surface area contributed by atoms with Crippen molar-refractivity contribution in [2.45, 2.75) is 12.8 Å². The van der Waals surface area contributed by atoms with Crippen molar-refractivity contribution in [3.63, 3.8) is 0 Å². The normalized spacial score (nSPS) is 10.2. The van der Waals surface area contributed by atoms with Crippen molar-refractivity contribution in [2.24, 2.45) is 0 Å². The molecule has 2 aromatic heterocycles. The van der Waals surface area contributed by atoms with E-state index in [1.807, 2.05) is 12.1 Å². The van der Waals surface area contributed by atoms with E-state index in [9.17, 15) is 9.59 Å². The van der Waals surface area contributed by atoms with Crippen LogP contribution in [0, 0.1) is 0 Å². The maximum atomic E-state index is 11.9. The number of pyridine rings is 1. The smallest absolute Gasteiger partial charge is 0.373 e. The van der Waals surface area contributed by atoms with Gasteiger partial charge in [-0.05, 0) is 36.2 Å². The second-order valence-corrected chi connectivity index (χ2v) is 3.93. The summed E-state index contributed by atoms with van der Waals surface area (Å²) in [7, 11) is 1.26. The highest BCUT2D eigenvalue weighted by Crippen LogP contribution is 2.13. The highest BCUT2D eigenvalue weighted by Gasteiger charge is 2.15. The number of carbonyl (C=O) groups excluding carboxylic acids is 2. The van der Waals surface area contributed by atoms with E-state index in [0.29, 0.717) is 12.8 Å². The predicted octanol–water partition coefficient (Wildman–Crippen LogP) is 2.28. The van der Waals surface area contributed by atoms with Crippen LogP contribution in [0.4, 0.5) is 0 Å². The summed E-state index contributed by atoms with van der Waals surface area (Å²) in [6.07, 6.45) is 4.29. The Morgan fingerprint density at radius 2 is 1.84 bits per heavy atom. The first-order valence-corrected chi connectivity index (χ1v) is 5.81. The molecule has 0 aromatic carbocycles. The van der Waals surface area contributed by atoms with Crippen LogP contribution in [0.5, 0.6) is 0 Å². The van der Waals surface area contributed by atoms with Gasteiger partial charge >= 0.3 is 5.97 Å². The number of Topliss-reactive ketones (excluding diaryl/α,β-unsaturated/α-hetero) is 1. The topological polar surface area (TPSA) is 69.4 Å². The Kier molecular flexibility index (Phi) is 4.07. The first-order valence-electron chi connectivity index (χ1n) is 5.81. The fourth-order valence-corrected chi connectivity index (χ4v) is 1.63. The lowest BCUT2D eigenvalue weighted by atomic mass is 10.1. The lowest BCUT2D eigenvalue weighted by Gasteiger charge is -1.99. The number of rotatable bonds is 5. The largest absolute Gasteiger partial charge is 0.463 e. The van der Waals surface area contributed by atoms with Gasteiger partial charge in [-0.2, -0.15) is 0 Å². The third kappa shape index (κ3) is 3.28. The molecule has 0 radical (unpaired) electrons. The third-order valence-corrected chi connectivity index (χ3v) is 2.66. The van der Waals surface area contributed by atoms with Crippen LogP contribution in [-0.4, -0.2) is 23.8 Å². The summed E-state index contributed by atoms with van der Waals surface area (Å²) >= 11 is 0. The molecule has 2 rings (SSSR count). The van der Waals surface area contributed by atoms with Gasteiger partial charge in [-0.15, -0.1) is 0 Å². The molecule has 0 fully saturated rings. The van der Waals surface area contributed by atoms with E-state index in [-0.39, 0.29) is 17.3 Å². The standard InChI is InChI=1S/C14H13NO4/c1-18-14(17)13-5-4-12(19-13)11(16)3-2-10-6-8-15-9-7-10/h4-9H,2-3H2,1H3. The molecule has 19 heavy (non-hydrogen) atoms. The molecular weight excluding hydrogens is 246 g/mol. The SMILES string of the molecule is COC(=O)c1ccc(C(=O)CCc2ccncc2)o1. The van der Waals surface area contributed by atoms with Crippen molar-refractivity contribution in [3.05, 3.63) is 53.7 Å². The molecule has 0 aliphatic heterocycles. The van der Waals surface area contributed by atoms with Crippen molar-refractivity contribution in [3.8, 4) is 0 Å². The summed E-state index contributed by atoms with van der Waals surface area (Å²) in [6.45, 7) is 0. The van der Waals surface area contributed by atoms with Crippen LogP contribution in [0.15, 0.2) is 41.1 Å². The number of hydrogen-bond acceptors (Lipinski definition) is 5. The minimum atomic E-state index is -0.590. The van der Waals surface area contributed by atoms with Gasteiger partial charge in [-0.25, -0.2) is 4.79 Å². The summed E-state index contributed by atoms with van der Waals surface area (Å²) in [5, 5.41) is 0. The second kappa shape index (κ2) is 5.95. The number of esters is 1. The van der Waals surface area contributed by atoms with E-state index in [0.717, 1.165) is 5.56 Å². The van der Waals surface area contributed by atoms with Crippen LogP contribution < -0.4 is 0 Å². The van der Waals surface area contributed by atoms with Gasteiger partial charge in [0.05, 0.1) is 7.11 Å². The number of furan rings is 1. The number of aryl methyl sites for hydroxylation is 1. The fraction of sp³-hybridized carbons (Fsp3) is 0.214. The van der Waals surface area contributed by atoms with E-state index in [4.69, 9.17) is 4.42 Å². The van der Waals surface area contributed by atoms with Crippen LogP contribution >= 0.6 is 0 Å². The van der Waals surface area contributed by atoms with Gasteiger partial charge in [-0.3, -0.25) is 9.78 Å². The summed E-state index contributed by atoms with van der Waals surface area (Å²) in [6, 6.07) is 6.64. The summed E-state index contributed by atoms with van der Waals surface area (Å²) in [5.74, 6) is -0.524. The van der Waals surface area contributed by atoms with Crippen LogP contribution in [0.25, 0.3) is 0 Å². The number of nitrogens with zero attached hydrogens (tertiary/aromatic N) is 1. The Hall–Kier alpha value is -2.43. The Balaban J connectivity index is 1.97. The summed E-state index contributed by atoms with van der Waals surface area (Å²) in [5.41, 5.74) is 1.03. The Bertz CT molecular complexity index is 574. The molecule has 2 heterocycles. The molecule has 0 spiro atoms. The highest BCUT2D eigenvalue weighted by atomic mass is 16.5. The van der Waals surface area contributed by atoms with Crippen LogP contribution in [-0.2, 0) is 11.2 Å². The Morgan fingerprint density at radius 3 is 2.53 bits per heavy atom. The van der Waals surface area contributed by atoms with Gasteiger partial charge in [0.15, 0.2) is 11.5 Å². The van der Waals surface area contributed by atoms with Gasteiger partial charge in [0, 0.05) is 18.8 Å². The van der Waals surface area contributed by atoms with E-state index in [1.54, 1.807) is 12.4 Å².